The van der Waals surface area contributed by atoms with Gasteiger partial charge in [0.15, 0.2) is 0 Å². The van der Waals surface area contributed by atoms with Crippen molar-refractivity contribution in [3.05, 3.63) is 0 Å². The first-order valence-electron chi connectivity index (χ1n) is 5.05. The Labute approximate surface area is 88.1 Å². The van der Waals surface area contributed by atoms with Gasteiger partial charge in [-0.05, 0) is 6.42 Å². The average molecular weight is 216 g/mol. The van der Waals surface area contributed by atoms with Gasteiger partial charge in [0, 0.05) is 24.7 Å². The highest BCUT2D eigenvalue weighted by atomic mass is 32.2. The lowest BCUT2D eigenvalue weighted by Crippen LogP contribution is -2.51. The topological polar surface area (TPSA) is 50.4 Å². The summed E-state index contributed by atoms with van der Waals surface area (Å²) >= 11 is 1.83. The van der Waals surface area contributed by atoms with Gasteiger partial charge in [-0.15, -0.1) is 0 Å². The number of hydrogen-bond donors (Lipinski definition) is 2. The molecule has 2 aliphatic rings. The summed E-state index contributed by atoms with van der Waals surface area (Å²) in [5.74, 6) is 2.13. The maximum atomic E-state index is 11.7. The average Bonchev–Trinajstić information content (AvgIpc) is 2.72. The molecule has 80 valence electrons. The molecule has 2 heterocycles. The molecule has 2 fully saturated rings. The van der Waals surface area contributed by atoms with Crippen molar-refractivity contribution in [3.8, 4) is 0 Å². The molecule has 2 rings (SSSR count). The molecule has 0 spiro atoms. The van der Waals surface area contributed by atoms with Crippen molar-refractivity contribution in [1.82, 2.24) is 10.6 Å². The number of thioether (sulfide) groups is 1. The van der Waals surface area contributed by atoms with Crippen molar-refractivity contribution in [3.63, 3.8) is 0 Å². The Hall–Kier alpha value is -0.260. The second kappa shape index (κ2) is 5.00. The largest absolute Gasteiger partial charge is 0.379 e. The lowest BCUT2D eigenvalue weighted by atomic mass is 10.2. The van der Waals surface area contributed by atoms with Crippen LogP contribution in [0.5, 0.6) is 0 Å². The predicted octanol–water partition coefficient (Wildman–Crippen LogP) is -0.404. The van der Waals surface area contributed by atoms with Crippen LogP contribution in [0.4, 0.5) is 0 Å². The fraction of sp³-hybridized carbons (Fsp3) is 0.889. The van der Waals surface area contributed by atoms with Crippen LogP contribution < -0.4 is 10.6 Å². The molecule has 2 atom stereocenters. The molecule has 2 aliphatic heterocycles. The maximum absolute atomic E-state index is 11.7. The second-order valence-corrected chi connectivity index (χ2v) is 4.80. The standard InChI is InChI=1S/C9H16N2O2S/c12-9(8-6-14-4-2-10-8)11-7-1-3-13-5-7/h7-8,10H,1-6H2,(H,11,12). The fourth-order valence-corrected chi connectivity index (χ4v) is 2.62. The summed E-state index contributed by atoms with van der Waals surface area (Å²) < 4.78 is 5.20. The van der Waals surface area contributed by atoms with Crippen LogP contribution in [0.15, 0.2) is 0 Å². The Morgan fingerprint density at radius 1 is 1.57 bits per heavy atom. The molecular formula is C9H16N2O2S. The summed E-state index contributed by atoms with van der Waals surface area (Å²) in [5, 5.41) is 6.23. The highest BCUT2D eigenvalue weighted by Crippen LogP contribution is 2.09. The molecule has 0 aromatic heterocycles. The summed E-state index contributed by atoms with van der Waals surface area (Å²) in [7, 11) is 0. The first-order chi connectivity index (χ1) is 6.86. The Bertz CT molecular complexity index is 201. The van der Waals surface area contributed by atoms with E-state index in [1.165, 1.54) is 0 Å². The van der Waals surface area contributed by atoms with Crippen LogP contribution in [0.25, 0.3) is 0 Å². The smallest absolute Gasteiger partial charge is 0.238 e. The van der Waals surface area contributed by atoms with Crippen molar-refractivity contribution in [2.45, 2.75) is 18.5 Å². The van der Waals surface area contributed by atoms with Crippen molar-refractivity contribution >= 4 is 17.7 Å². The van der Waals surface area contributed by atoms with Crippen LogP contribution in [0.3, 0.4) is 0 Å². The highest BCUT2D eigenvalue weighted by molar-refractivity contribution is 7.99. The predicted molar refractivity (Wildman–Crippen MR) is 56.5 cm³/mol. The zero-order valence-corrected chi connectivity index (χ0v) is 8.94. The monoisotopic (exact) mass is 216 g/mol. The maximum Gasteiger partial charge on any atom is 0.238 e. The van der Waals surface area contributed by atoms with Crippen molar-refractivity contribution in [2.75, 3.05) is 31.3 Å². The van der Waals surface area contributed by atoms with Gasteiger partial charge in [0.05, 0.1) is 18.7 Å². The number of hydrogen-bond acceptors (Lipinski definition) is 4. The molecule has 0 radical (unpaired) electrons. The molecule has 2 N–H and O–H groups in total. The van der Waals surface area contributed by atoms with Crippen molar-refractivity contribution in [2.24, 2.45) is 0 Å². The van der Waals surface area contributed by atoms with Gasteiger partial charge in [-0.3, -0.25) is 4.79 Å². The third kappa shape index (κ3) is 2.62. The SMILES string of the molecule is O=C(NC1CCOC1)C1CSCCN1. The summed E-state index contributed by atoms with van der Waals surface area (Å²) in [6, 6.07) is 0.227. The van der Waals surface area contributed by atoms with Crippen LogP contribution in [0, 0.1) is 0 Å². The summed E-state index contributed by atoms with van der Waals surface area (Å²) in [5.41, 5.74) is 0. The first-order valence-corrected chi connectivity index (χ1v) is 6.21. The van der Waals surface area contributed by atoms with Crippen molar-refractivity contribution in [1.29, 1.82) is 0 Å². The molecule has 0 bridgehead atoms. The number of ether oxygens (including phenoxy) is 1. The molecular weight excluding hydrogens is 200 g/mol. The molecule has 2 saturated heterocycles. The van der Waals surface area contributed by atoms with E-state index in [4.69, 9.17) is 4.74 Å². The van der Waals surface area contributed by atoms with Crippen LogP contribution >= 0.6 is 11.8 Å². The van der Waals surface area contributed by atoms with E-state index < -0.39 is 0 Å². The number of carbonyl (C=O) groups excluding carboxylic acids is 1. The molecule has 0 saturated carbocycles. The van der Waals surface area contributed by atoms with Gasteiger partial charge in [-0.25, -0.2) is 0 Å². The Morgan fingerprint density at radius 2 is 2.50 bits per heavy atom. The lowest BCUT2D eigenvalue weighted by molar-refractivity contribution is -0.123. The van der Waals surface area contributed by atoms with Gasteiger partial charge >= 0.3 is 0 Å². The zero-order chi connectivity index (χ0) is 9.80. The molecule has 0 aromatic carbocycles. The zero-order valence-electron chi connectivity index (χ0n) is 8.12. The Balaban J connectivity index is 1.75. The van der Waals surface area contributed by atoms with Crippen LogP contribution in [-0.4, -0.2) is 49.3 Å². The van der Waals surface area contributed by atoms with E-state index in [-0.39, 0.29) is 18.0 Å². The Morgan fingerprint density at radius 3 is 3.14 bits per heavy atom. The van der Waals surface area contributed by atoms with Gasteiger partial charge in [0.25, 0.3) is 0 Å². The van der Waals surface area contributed by atoms with E-state index in [9.17, 15) is 4.79 Å². The second-order valence-electron chi connectivity index (χ2n) is 3.65. The molecule has 4 nitrogen and oxygen atoms in total. The van der Waals surface area contributed by atoms with E-state index in [0.717, 1.165) is 31.1 Å². The van der Waals surface area contributed by atoms with E-state index >= 15 is 0 Å². The van der Waals surface area contributed by atoms with Crippen LogP contribution in [-0.2, 0) is 9.53 Å². The molecule has 0 aromatic rings. The fourth-order valence-electron chi connectivity index (χ4n) is 1.68. The minimum Gasteiger partial charge on any atom is -0.379 e. The van der Waals surface area contributed by atoms with E-state index in [1.807, 2.05) is 11.8 Å². The normalized spacial score (nSPS) is 32.9. The molecule has 14 heavy (non-hydrogen) atoms. The molecule has 1 amide bonds. The van der Waals surface area contributed by atoms with Crippen molar-refractivity contribution < 1.29 is 9.53 Å². The van der Waals surface area contributed by atoms with Gasteiger partial charge in [-0.2, -0.15) is 11.8 Å². The number of amides is 1. The lowest BCUT2D eigenvalue weighted by Gasteiger charge is -2.23. The van der Waals surface area contributed by atoms with Crippen LogP contribution in [0.2, 0.25) is 0 Å². The van der Waals surface area contributed by atoms with Gasteiger partial charge < -0.3 is 15.4 Å². The first kappa shape index (κ1) is 10.3. The minimum absolute atomic E-state index is 0.00523. The third-order valence-electron chi connectivity index (χ3n) is 2.51. The number of carbonyl (C=O) groups is 1. The van der Waals surface area contributed by atoms with E-state index in [0.29, 0.717) is 6.61 Å². The third-order valence-corrected chi connectivity index (χ3v) is 3.58. The number of nitrogens with one attached hydrogen (secondary N) is 2. The van der Waals surface area contributed by atoms with Gasteiger partial charge in [0.1, 0.15) is 0 Å². The van der Waals surface area contributed by atoms with Crippen LogP contribution in [0.1, 0.15) is 6.42 Å². The van der Waals surface area contributed by atoms with Gasteiger partial charge in [-0.1, -0.05) is 0 Å². The molecule has 5 heteroatoms. The number of rotatable bonds is 2. The summed E-state index contributed by atoms with van der Waals surface area (Å²) in [4.78, 5) is 11.7. The molecule has 0 aliphatic carbocycles. The minimum atomic E-state index is -0.00523. The Kier molecular flexibility index (Phi) is 3.67. The van der Waals surface area contributed by atoms with E-state index in [2.05, 4.69) is 10.6 Å². The summed E-state index contributed by atoms with van der Waals surface area (Å²) in [6.07, 6.45) is 0.950. The highest BCUT2D eigenvalue weighted by Gasteiger charge is 2.24. The molecule has 2 unspecified atom stereocenters. The van der Waals surface area contributed by atoms with Gasteiger partial charge in [0.2, 0.25) is 5.91 Å². The quantitative estimate of drug-likeness (QED) is 0.659. The van der Waals surface area contributed by atoms with E-state index in [1.54, 1.807) is 0 Å². The summed E-state index contributed by atoms with van der Waals surface area (Å²) in [6.45, 7) is 2.38.